The first-order valence-corrected chi connectivity index (χ1v) is 23.5. The molecule has 0 bridgehead atoms. The lowest BCUT2D eigenvalue weighted by Gasteiger charge is -2.19. The van der Waals surface area contributed by atoms with Gasteiger partial charge in [-0.1, -0.05) is 48.5 Å². The van der Waals surface area contributed by atoms with E-state index in [1.165, 1.54) is 69.3 Å². The van der Waals surface area contributed by atoms with Crippen LogP contribution in [0.25, 0.3) is 0 Å². The quantitative estimate of drug-likeness (QED) is 0.0335. The van der Waals surface area contributed by atoms with Crippen LogP contribution in [0, 0.1) is 47.9 Å². The van der Waals surface area contributed by atoms with Gasteiger partial charge in [0.05, 0.1) is 15.5 Å². The number of amides is 3. The van der Waals surface area contributed by atoms with Crippen molar-refractivity contribution in [3.8, 4) is 5.75 Å². The Kier molecular flexibility index (Phi) is 21.8. The molecule has 0 saturated heterocycles. The summed E-state index contributed by atoms with van der Waals surface area (Å²) in [5.74, 6) is 0.141. The molecule has 3 amide bonds. The number of nitrogens with two attached hydrogens (primary N) is 2. The van der Waals surface area contributed by atoms with E-state index < -0.39 is 16.2 Å². The molecule has 0 unspecified atom stereocenters. The van der Waals surface area contributed by atoms with E-state index in [1.54, 1.807) is 50.4 Å². The van der Waals surface area contributed by atoms with Gasteiger partial charge in [0.25, 0.3) is 11.4 Å². The minimum absolute atomic E-state index is 0.0284. The third-order valence-electron chi connectivity index (χ3n) is 10.9. The van der Waals surface area contributed by atoms with Crippen molar-refractivity contribution in [1.29, 1.82) is 0 Å². The molecule has 0 radical (unpaired) electrons. The number of nitrogen functional groups attached to an aromatic ring is 2. The van der Waals surface area contributed by atoms with Gasteiger partial charge in [0, 0.05) is 105 Å². The minimum atomic E-state index is -4.76. The number of ether oxygens (including phenoxy) is 1. The van der Waals surface area contributed by atoms with Gasteiger partial charge >= 0.3 is 6.36 Å². The molecule has 23 heteroatoms. The summed E-state index contributed by atoms with van der Waals surface area (Å²) in [7, 11) is 1.86. The first-order valence-electron chi connectivity index (χ1n) is 23.5. The number of alkyl halides is 3. The molecule has 8 N–H and O–H groups in total. The number of Topliss-reactive ketones (excluding diaryl/α,β-unsaturated/α-hetero) is 1. The molecule has 6 aromatic carbocycles. The van der Waals surface area contributed by atoms with Crippen LogP contribution in [0.4, 0.5) is 76.1 Å². The first-order chi connectivity index (χ1) is 36.7. The summed E-state index contributed by atoms with van der Waals surface area (Å²) in [5, 5.41) is 31.8. The van der Waals surface area contributed by atoms with Crippen LogP contribution in [-0.4, -0.2) is 56.7 Å². The number of aromatic nitrogens is 2. The van der Waals surface area contributed by atoms with E-state index in [1.807, 2.05) is 74.3 Å². The van der Waals surface area contributed by atoms with E-state index in [9.17, 15) is 52.6 Å². The molecule has 78 heavy (non-hydrogen) atoms. The number of nitrogens with zero attached hydrogens (tertiary/aromatic N) is 5. The van der Waals surface area contributed by atoms with Crippen molar-refractivity contribution in [2.24, 2.45) is 0 Å². The standard InChI is InChI=1S/C30H28F3N5O3.C9H10N2O3.C9H12N2O.C7H8N2O2/c1-19-4-9-23(18-27(19)35-20(2)39)36-29-34-15-14-28(37-29)38(3)24-10-5-21(6-11-24)16-25(40)17-22-7-12-26(13-8-22)41-30(31,32)33;1-6-3-4-8(11(13)14)5-9(6)10-7(2)12;1-6-3-4-8(10)5-9(6)11-7(2)12;1-5-2-3-6(9(10)11)4-7(5)8/h4-15,18H,16-17H2,1-3H3,(H,35,39)(H,34,36,37);3-5H,1-2H3,(H,10,12);3-5H,10H2,1-2H3,(H,11,12);2-4H,8H2,1H3. The number of hydrogen-bond acceptors (Lipinski definition) is 15. The third-order valence-corrected chi connectivity index (χ3v) is 10.9. The number of carbonyl (C=O) groups excluding carboxylic acids is 4. The minimum Gasteiger partial charge on any atom is -0.406 e. The number of ketones is 1. The van der Waals surface area contributed by atoms with Gasteiger partial charge in [0.1, 0.15) is 17.4 Å². The predicted molar refractivity (Wildman–Crippen MR) is 295 cm³/mol. The van der Waals surface area contributed by atoms with Crippen molar-refractivity contribution < 1.29 is 46.9 Å². The summed E-state index contributed by atoms with van der Waals surface area (Å²) >= 11 is 0. The van der Waals surface area contributed by atoms with Gasteiger partial charge in [-0.15, -0.1) is 13.2 Å². The molecule has 0 aliphatic carbocycles. The lowest BCUT2D eigenvalue weighted by molar-refractivity contribution is -0.385. The fourth-order valence-corrected chi connectivity index (χ4v) is 6.80. The molecular weight excluding hydrogens is 1020 g/mol. The molecule has 0 saturated carbocycles. The average molecular weight is 1070 g/mol. The zero-order valence-electron chi connectivity index (χ0n) is 43.8. The lowest BCUT2D eigenvalue weighted by atomic mass is 10.0. The number of nitrogens with one attached hydrogen (secondary N) is 4. The van der Waals surface area contributed by atoms with Crippen molar-refractivity contribution in [3.63, 3.8) is 0 Å². The molecule has 7 rings (SSSR count). The van der Waals surface area contributed by atoms with Crippen molar-refractivity contribution in [3.05, 3.63) is 187 Å². The second kappa shape index (κ2) is 28.1. The number of hydrogen-bond donors (Lipinski definition) is 6. The number of carbonyl (C=O) groups is 4. The maximum atomic E-state index is 12.5. The average Bonchev–Trinajstić information content (AvgIpc) is 3.35. The number of nitro benzene ring substituents is 2. The fraction of sp³-hybridized carbons (Fsp3) is 0.200. The van der Waals surface area contributed by atoms with E-state index in [4.69, 9.17) is 11.5 Å². The number of rotatable bonds is 14. The number of aryl methyl sites for hydroxylation is 4. The van der Waals surface area contributed by atoms with Gasteiger partial charge in [0.15, 0.2) is 0 Å². The van der Waals surface area contributed by atoms with E-state index in [0.717, 1.165) is 44.9 Å². The van der Waals surface area contributed by atoms with Gasteiger partial charge in [-0.05, 0) is 116 Å². The van der Waals surface area contributed by atoms with E-state index in [2.05, 4.69) is 36.0 Å². The molecule has 20 nitrogen and oxygen atoms in total. The van der Waals surface area contributed by atoms with Crippen LogP contribution in [0.15, 0.2) is 134 Å². The number of nitro groups is 2. The molecule has 408 valence electrons. The summed E-state index contributed by atoms with van der Waals surface area (Å²) in [6.45, 7) is 11.7. The molecule has 0 aliphatic rings. The number of halogens is 3. The second-order valence-electron chi connectivity index (χ2n) is 17.4. The summed E-state index contributed by atoms with van der Waals surface area (Å²) in [4.78, 5) is 76.0. The summed E-state index contributed by atoms with van der Waals surface area (Å²) in [6.07, 6.45) is -2.84. The van der Waals surface area contributed by atoms with Crippen LogP contribution in [0.1, 0.15) is 54.2 Å². The molecular formula is C55H58F3N11O9. The maximum Gasteiger partial charge on any atom is 0.573 e. The van der Waals surface area contributed by atoms with Crippen LogP contribution in [0.5, 0.6) is 5.75 Å². The van der Waals surface area contributed by atoms with Crippen molar-refractivity contribution >= 4 is 86.5 Å². The Morgan fingerprint density at radius 1 is 0.615 bits per heavy atom. The Morgan fingerprint density at radius 2 is 1.08 bits per heavy atom. The van der Waals surface area contributed by atoms with Crippen LogP contribution in [-0.2, 0) is 32.0 Å². The van der Waals surface area contributed by atoms with Crippen LogP contribution in [0.3, 0.4) is 0 Å². The highest BCUT2D eigenvalue weighted by Gasteiger charge is 2.31. The predicted octanol–water partition coefficient (Wildman–Crippen LogP) is 11.4. The SMILES string of the molecule is CC(=O)Nc1cc(N)ccc1C.CC(=O)Nc1cc(Nc2nccc(N(C)c3ccc(CC(=O)Cc4ccc(OC(F)(F)F)cc4)cc3)n2)ccc1C.CC(=O)Nc1cc([N+](=O)[O-])ccc1C.Cc1ccc([N+](=O)[O-])cc1N. The van der Waals surface area contributed by atoms with Gasteiger partial charge in [0.2, 0.25) is 23.7 Å². The highest BCUT2D eigenvalue weighted by molar-refractivity contribution is 5.91. The highest BCUT2D eigenvalue weighted by atomic mass is 19.4. The smallest absolute Gasteiger partial charge is 0.406 e. The summed E-state index contributed by atoms with van der Waals surface area (Å²) < 4.78 is 40.8. The molecule has 1 heterocycles. The largest absolute Gasteiger partial charge is 0.573 e. The van der Waals surface area contributed by atoms with Gasteiger partial charge in [-0.3, -0.25) is 39.4 Å². The highest BCUT2D eigenvalue weighted by Crippen LogP contribution is 2.28. The zero-order valence-corrected chi connectivity index (χ0v) is 43.8. The van der Waals surface area contributed by atoms with Crippen molar-refractivity contribution in [2.75, 3.05) is 44.7 Å². The van der Waals surface area contributed by atoms with Gasteiger partial charge in [-0.2, -0.15) is 4.98 Å². The fourth-order valence-electron chi connectivity index (χ4n) is 6.80. The molecule has 0 fully saturated rings. The van der Waals surface area contributed by atoms with Crippen molar-refractivity contribution in [1.82, 2.24) is 9.97 Å². The summed E-state index contributed by atoms with van der Waals surface area (Å²) in [5.41, 5.74) is 20.7. The van der Waals surface area contributed by atoms with E-state index in [0.29, 0.717) is 40.1 Å². The Hall–Kier alpha value is -9.93. The van der Waals surface area contributed by atoms with Crippen molar-refractivity contribution in [2.45, 2.75) is 67.7 Å². The first kappa shape index (κ1) is 60.6. The normalized spacial score (nSPS) is 10.3. The molecule has 1 aromatic heterocycles. The van der Waals surface area contributed by atoms with Crippen LogP contribution in [0.2, 0.25) is 0 Å². The third kappa shape index (κ3) is 20.4. The maximum absolute atomic E-state index is 12.5. The van der Waals surface area contributed by atoms with Crippen LogP contribution >= 0.6 is 0 Å². The topological polar surface area (TPSA) is 293 Å². The number of non-ortho nitro benzene ring substituents is 2. The van der Waals surface area contributed by atoms with Crippen LogP contribution < -0.4 is 42.4 Å². The Bertz CT molecular complexity index is 3270. The Morgan fingerprint density at radius 3 is 1.58 bits per heavy atom. The summed E-state index contributed by atoms with van der Waals surface area (Å²) in [6, 6.07) is 34.3. The van der Waals surface area contributed by atoms with Gasteiger partial charge < -0.3 is 42.4 Å². The molecule has 0 atom stereocenters. The molecule has 7 aromatic rings. The van der Waals surface area contributed by atoms with Gasteiger partial charge in [-0.25, -0.2) is 4.98 Å². The number of benzene rings is 6. The molecule has 0 spiro atoms. The monoisotopic (exact) mass is 1070 g/mol. The zero-order chi connectivity index (χ0) is 57.9. The lowest BCUT2D eigenvalue weighted by Crippen LogP contribution is -2.17. The Balaban J connectivity index is 0.000000284. The second-order valence-corrected chi connectivity index (χ2v) is 17.4. The molecule has 0 aliphatic heterocycles. The van der Waals surface area contributed by atoms with E-state index in [-0.39, 0.29) is 53.5 Å². The Labute approximate surface area is 447 Å². The number of anilines is 9. The van der Waals surface area contributed by atoms with E-state index >= 15 is 0 Å².